The van der Waals surface area contributed by atoms with Crippen molar-refractivity contribution in [1.82, 2.24) is 4.98 Å². The zero-order valence-electron chi connectivity index (χ0n) is 9.38. The molecule has 82 valence electrons. The summed E-state index contributed by atoms with van der Waals surface area (Å²) >= 11 is 1.62. The molecule has 1 aromatic rings. The fraction of sp³-hybridized carbons (Fsp3) is 0.667. The third-order valence-corrected chi connectivity index (χ3v) is 4.21. The summed E-state index contributed by atoms with van der Waals surface area (Å²) in [4.78, 5) is 16.5. The number of hydrogen-bond donors (Lipinski definition) is 0. The van der Waals surface area contributed by atoms with Gasteiger partial charge in [0.15, 0.2) is 0 Å². The van der Waals surface area contributed by atoms with Crippen LogP contribution in [0.5, 0.6) is 0 Å². The molecule has 0 amide bonds. The third-order valence-electron chi connectivity index (χ3n) is 3.39. The molecule has 2 nitrogen and oxygen atoms in total. The van der Waals surface area contributed by atoms with Crippen LogP contribution in [-0.2, 0) is 11.2 Å². The highest BCUT2D eigenvalue weighted by Crippen LogP contribution is 2.39. The Kier molecular flexibility index (Phi) is 2.91. The summed E-state index contributed by atoms with van der Waals surface area (Å²) in [7, 11) is 0. The largest absolute Gasteiger partial charge is 0.299 e. The van der Waals surface area contributed by atoms with Gasteiger partial charge in [-0.3, -0.25) is 4.79 Å². The van der Waals surface area contributed by atoms with E-state index in [2.05, 4.69) is 11.9 Å². The average molecular weight is 223 g/mol. The molecule has 1 saturated carbocycles. The summed E-state index contributed by atoms with van der Waals surface area (Å²) in [5.41, 5.74) is 0.896. The Morgan fingerprint density at radius 2 is 2.20 bits per heavy atom. The number of nitrogens with zero attached hydrogens (tertiary/aromatic N) is 1. The second-order valence-corrected chi connectivity index (χ2v) is 5.79. The van der Waals surface area contributed by atoms with E-state index in [0.717, 1.165) is 23.5 Å². The molecule has 0 unspecified atom stereocenters. The van der Waals surface area contributed by atoms with E-state index in [0.29, 0.717) is 12.2 Å². The van der Waals surface area contributed by atoms with Gasteiger partial charge in [0.2, 0.25) is 0 Å². The maximum atomic E-state index is 12.1. The first-order valence-corrected chi connectivity index (χ1v) is 6.42. The van der Waals surface area contributed by atoms with Crippen molar-refractivity contribution >= 4 is 17.1 Å². The number of aryl methyl sites for hydroxylation is 1. The Morgan fingerprint density at radius 1 is 1.53 bits per heavy atom. The highest BCUT2D eigenvalue weighted by molar-refractivity contribution is 7.09. The van der Waals surface area contributed by atoms with Gasteiger partial charge in [-0.05, 0) is 19.8 Å². The van der Waals surface area contributed by atoms with E-state index in [9.17, 15) is 4.79 Å². The third kappa shape index (κ3) is 2.28. The molecule has 0 spiro atoms. The summed E-state index contributed by atoms with van der Waals surface area (Å²) in [6.45, 7) is 4.09. The smallest absolute Gasteiger partial charge is 0.144 e. The van der Waals surface area contributed by atoms with Gasteiger partial charge in [0.1, 0.15) is 5.78 Å². The number of aromatic nitrogens is 1. The molecule has 15 heavy (non-hydrogen) atoms. The summed E-state index contributed by atoms with van der Waals surface area (Å²) < 4.78 is 0. The molecular formula is C12H17NOS. The Balaban J connectivity index is 2.03. The van der Waals surface area contributed by atoms with Gasteiger partial charge in [0, 0.05) is 10.8 Å². The molecule has 0 aliphatic heterocycles. The van der Waals surface area contributed by atoms with Gasteiger partial charge in [0.25, 0.3) is 0 Å². The quantitative estimate of drug-likeness (QED) is 0.788. The van der Waals surface area contributed by atoms with Gasteiger partial charge in [-0.1, -0.05) is 19.8 Å². The second-order valence-electron chi connectivity index (χ2n) is 4.73. The van der Waals surface area contributed by atoms with Crippen LogP contribution < -0.4 is 0 Å². The van der Waals surface area contributed by atoms with Crippen molar-refractivity contribution in [2.75, 3.05) is 0 Å². The first-order chi connectivity index (χ1) is 7.10. The first kappa shape index (κ1) is 10.8. The molecule has 0 N–H and O–H groups in total. The Morgan fingerprint density at radius 3 is 2.73 bits per heavy atom. The van der Waals surface area contributed by atoms with Crippen LogP contribution >= 0.6 is 11.3 Å². The Labute approximate surface area is 94.7 Å². The second kappa shape index (κ2) is 4.05. The molecule has 3 heteroatoms. The normalized spacial score (nSPS) is 19.3. The number of Topliss-reactive ketones (excluding diaryl/α,β-unsaturated/α-hetero) is 1. The zero-order valence-corrected chi connectivity index (χ0v) is 10.2. The number of ketones is 1. The molecule has 1 aromatic heterocycles. The molecule has 1 aliphatic carbocycles. The highest BCUT2D eigenvalue weighted by Gasteiger charge is 2.35. The number of carbonyl (C=O) groups is 1. The van der Waals surface area contributed by atoms with Crippen LogP contribution in [0, 0.1) is 12.3 Å². The summed E-state index contributed by atoms with van der Waals surface area (Å²) in [6, 6.07) is 0. The predicted molar refractivity (Wildman–Crippen MR) is 62.1 cm³/mol. The van der Waals surface area contributed by atoms with Gasteiger partial charge in [-0.15, -0.1) is 11.3 Å². The molecule has 0 aromatic carbocycles. The number of carbonyl (C=O) groups excluding carboxylic acids is 1. The zero-order chi connectivity index (χ0) is 10.9. The van der Waals surface area contributed by atoms with Gasteiger partial charge in [-0.2, -0.15) is 0 Å². The summed E-state index contributed by atoms with van der Waals surface area (Å²) in [5.74, 6) is 0.380. The highest BCUT2D eigenvalue weighted by atomic mass is 32.1. The van der Waals surface area contributed by atoms with Crippen molar-refractivity contribution in [3.8, 4) is 0 Å². The van der Waals surface area contributed by atoms with Crippen LogP contribution in [0.15, 0.2) is 5.38 Å². The fourth-order valence-electron chi connectivity index (χ4n) is 2.30. The van der Waals surface area contributed by atoms with Crippen molar-refractivity contribution in [3.05, 3.63) is 16.1 Å². The van der Waals surface area contributed by atoms with Crippen LogP contribution in [0.4, 0.5) is 0 Å². The van der Waals surface area contributed by atoms with Crippen molar-refractivity contribution in [1.29, 1.82) is 0 Å². The van der Waals surface area contributed by atoms with Gasteiger partial charge in [-0.25, -0.2) is 4.98 Å². The van der Waals surface area contributed by atoms with Crippen molar-refractivity contribution in [2.45, 2.75) is 46.0 Å². The van der Waals surface area contributed by atoms with Crippen LogP contribution in [0.2, 0.25) is 0 Å². The van der Waals surface area contributed by atoms with E-state index in [1.807, 2.05) is 12.3 Å². The minimum Gasteiger partial charge on any atom is -0.299 e. The molecule has 0 atom stereocenters. The van der Waals surface area contributed by atoms with E-state index in [-0.39, 0.29) is 5.41 Å². The molecular weight excluding hydrogens is 206 g/mol. The predicted octanol–water partition coefficient (Wildman–Crippen LogP) is 3.14. The molecule has 0 radical (unpaired) electrons. The van der Waals surface area contributed by atoms with E-state index >= 15 is 0 Å². The van der Waals surface area contributed by atoms with E-state index in [4.69, 9.17) is 0 Å². The molecule has 1 heterocycles. The van der Waals surface area contributed by atoms with Gasteiger partial charge >= 0.3 is 0 Å². The van der Waals surface area contributed by atoms with Crippen LogP contribution in [0.25, 0.3) is 0 Å². The van der Waals surface area contributed by atoms with Crippen molar-refractivity contribution in [3.63, 3.8) is 0 Å². The van der Waals surface area contributed by atoms with E-state index in [1.54, 1.807) is 11.3 Å². The minimum atomic E-state index is -0.0580. The van der Waals surface area contributed by atoms with Crippen LogP contribution in [0.1, 0.15) is 43.3 Å². The molecule has 1 fully saturated rings. The van der Waals surface area contributed by atoms with E-state index in [1.165, 1.54) is 12.8 Å². The lowest BCUT2D eigenvalue weighted by Gasteiger charge is -2.20. The van der Waals surface area contributed by atoms with Crippen molar-refractivity contribution < 1.29 is 4.79 Å². The maximum Gasteiger partial charge on any atom is 0.144 e. The first-order valence-electron chi connectivity index (χ1n) is 5.54. The lowest BCUT2D eigenvalue weighted by molar-refractivity contribution is -0.127. The van der Waals surface area contributed by atoms with Crippen molar-refractivity contribution in [2.24, 2.45) is 5.41 Å². The number of thiazole rings is 1. The minimum absolute atomic E-state index is 0.0580. The fourth-order valence-corrected chi connectivity index (χ4v) is 2.91. The monoisotopic (exact) mass is 223 g/mol. The van der Waals surface area contributed by atoms with Gasteiger partial charge < -0.3 is 0 Å². The van der Waals surface area contributed by atoms with Crippen LogP contribution in [-0.4, -0.2) is 10.8 Å². The van der Waals surface area contributed by atoms with Crippen LogP contribution in [0.3, 0.4) is 0 Å². The topological polar surface area (TPSA) is 30.0 Å². The summed E-state index contributed by atoms with van der Waals surface area (Å²) in [5, 5.41) is 3.06. The maximum absolute atomic E-state index is 12.1. The summed E-state index contributed by atoms with van der Waals surface area (Å²) in [6.07, 6.45) is 5.07. The Hall–Kier alpha value is -0.700. The number of hydrogen-bond acceptors (Lipinski definition) is 3. The van der Waals surface area contributed by atoms with E-state index < -0.39 is 0 Å². The SMILES string of the molecule is Cc1nc(CC(=O)C2(C)CCCC2)cs1. The molecule has 1 aliphatic rings. The molecule has 2 rings (SSSR count). The standard InChI is InChI=1S/C12H17NOS/c1-9-13-10(8-15-9)7-11(14)12(2)5-3-4-6-12/h8H,3-7H2,1-2H3. The number of rotatable bonds is 3. The average Bonchev–Trinajstić information content (AvgIpc) is 2.76. The molecule has 0 saturated heterocycles. The lowest BCUT2D eigenvalue weighted by Crippen LogP contribution is -2.26. The Bertz CT molecular complexity index is 363. The van der Waals surface area contributed by atoms with Gasteiger partial charge in [0.05, 0.1) is 17.1 Å². The molecule has 0 bridgehead atoms. The lowest BCUT2D eigenvalue weighted by atomic mass is 9.82.